The molecule has 0 aliphatic heterocycles. The van der Waals surface area contributed by atoms with Crippen LogP contribution in [0.1, 0.15) is 34.8 Å². The normalized spacial score (nSPS) is 19.3. The van der Waals surface area contributed by atoms with Crippen LogP contribution in [0.2, 0.25) is 0 Å². The molecule has 0 spiro atoms. The van der Waals surface area contributed by atoms with Crippen LogP contribution in [0.15, 0.2) is 54.6 Å². The summed E-state index contributed by atoms with van der Waals surface area (Å²) in [6.45, 7) is 0.635. The number of rotatable bonds is 2. The predicted molar refractivity (Wildman–Crippen MR) is 82.3 cm³/mol. The SMILES string of the molecule is NCCC=C1c2ccccc2CC(O)c2ccccc21. The Balaban J connectivity index is 2.24. The molecule has 0 aromatic heterocycles. The van der Waals surface area contributed by atoms with Crippen molar-refractivity contribution in [2.24, 2.45) is 5.73 Å². The second-order valence-corrected chi connectivity index (χ2v) is 5.16. The van der Waals surface area contributed by atoms with Crippen molar-refractivity contribution >= 4 is 5.57 Å². The third kappa shape index (κ3) is 2.28. The van der Waals surface area contributed by atoms with Gasteiger partial charge in [0.05, 0.1) is 6.10 Å². The lowest BCUT2D eigenvalue weighted by atomic mass is 9.93. The summed E-state index contributed by atoms with van der Waals surface area (Å²) >= 11 is 0. The summed E-state index contributed by atoms with van der Waals surface area (Å²) in [6, 6.07) is 16.4. The third-order valence-corrected chi connectivity index (χ3v) is 3.85. The molecule has 1 unspecified atom stereocenters. The minimum Gasteiger partial charge on any atom is -0.388 e. The lowest BCUT2D eigenvalue weighted by Gasteiger charge is -2.12. The van der Waals surface area contributed by atoms with Gasteiger partial charge in [0.2, 0.25) is 0 Å². The molecule has 3 rings (SSSR count). The second-order valence-electron chi connectivity index (χ2n) is 5.16. The van der Waals surface area contributed by atoms with E-state index in [0.29, 0.717) is 13.0 Å². The van der Waals surface area contributed by atoms with E-state index in [-0.39, 0.29) is 0 Å². The molecule has 0 radical (unpaired) electrons. The van der Waals surface area contributed by atoms with Crippen molar-refractivity contribution in [1.29, 1.82) is 0 Å². The van der Waals surface area contributed by atoms with Gasteiger partial charge in [-0.1, -0.05) is 54.6 Å². The summed E-state index contributed by atoms with van der Waals surface area (Å²) in [7, 11) is 0. The Morgan fingerprint density at radius 2 is 1.75 bits per heavy atom. The number of hydrogen-bond acceptors (Lipinski definition) is 2. The van der Waals surface area contributed by atoms with E-state index in [1.54, 1.807) is 0 Å². The van der Waals surface area contributed by atoms with Crippen LogP contribution in [0.25, 0.3) is 5.57 Å². The molecule has 0 saturated carbocycles. The van der Waals surface area contributed by atoms with Gasteiger partial charge in [-0.25, -0.2) is 0 Å². The van der Waals surface area contributed by atoms with Gasteiger partial charge >= 0.3 is 0 Å². The Hall–Kier alpha value is -1.90. The molecule has 2 heteroatoms. The van der Waals surface area contributed by atoms with Crippen molar-refractivity contribution in [3.63, 3.8) is 0 Å². The molecule has 0 saturated heterocycles. The Morgan fingerprint density at radius 3 is 2.55 bits per heavy atom. The molecule has 2 aromatic rings. The molecule has 0 fully saturated rings. The van der Waals surface area contributed by atoms with Gasteiger partial charge in [0.15, 0.2) is 0 Å². The van der Waals surface area contributed by atoms with E-state index < -0.39 is 6.10 Å². The second kappa shape index (κ2) is 5.61. The van der Waals surface area contributed by atoms with Crippen molar-refractivity contribution in [1.82, 2.24) is 0 Å². The van der Waals surface area contributed by atoms with Gasteiger partial charge in [-0.15, -0.1) is 0 Å². The Kier molecular flexibility index (Phi) is 3.68. The molecule has 3 N–H and O–H groups in total. The van der Waals surface area contributed by atoms with E-state index in [0.717, 1.165) is 17.5 Å². The first kappa shape index (κ1) is 13.1. The molecule has 0 amide bonds. The topological polar surface area (TPSA) is 46.2 Å². The summed E-state index contributed by atoms with van der Waals surface area (Å²) in [4.78, 5) is 0. The molecular formula is C18H19NO. The summed E-state index contributed by atoms with van der Waals surface area (Å²) in [6.07, 6.45) is 3.24. The monoisotopic (exact) mass is 265 g/mol. The van der Waals surface area contributed by atoms with E-state index in [9.17, 15) is 5.11 Å². The van der Waals surface area contributed by atoms with Gasteiger partial charge in [0, 0.05) is 6.42 Å². The van der Waals surface area contributed by atoms with Gasteiger partial charge in [0.1, 0.15) is 0 Å². The molecule has 0 heterocycles. The van der Waals surface area contributed by atoms with E-state index in [2.05, 4.69) is 30.3 Å². The maximum atomic E-state index is 10.5. The molecule has 1 aliphatic rings. The average molecular weight is 265 g/mol. The lowest BCUT2D eigenvalue weighted by molar-refractivity contribution is 0.179. The van der Waals surface area contributed by atoms with E-state index >= 15 is 0 Å². The van der Waals surface area contributed by atoms with Crippen molar-refractivity contribution < 1.29 is 5.11 Å². The van der Waals surface area contributed by atoms with Crippen LogP contribution in [-0.2, 0) is 6.42 Å². The van der Waals surface area contributed by atoms with Crippen LogP contribution in [0.5, 0.6) is 0 Å². The van der Waals surface area contributed by atoms with Crippen LogP contribution in [0.4, 0.5) is 0 Å². The van der Waals surface area contributed by atoms with Crippen LogP contribution in [-0.4, -0.2) is 11.7 Å². The lowest BCUT2D eigenvalue weighted by Crippen LogP contribution is -2.01. The number of aliphatic hydroxyl groups excluding tert-OH is 1. The van der Waals surface area contributed by atoms with Gasteiger partial charge in [0.25, 0.3) is 0 Å². The van der Waals surface area contributed by atoms with Gasteiger partial charge < -0.3 is 10.8 Å². The highest BCUT2D eigenvalue weighted by molar-refractivity contribution is 5.84. The third-order valence-electron chi connectivity index (χ3n) is 3.85. The van der Waals surface area contributed by atoms with Gasteiger partial charge in [-0.05, 0) is 40.8 Å². The van der Waals surface area contributed by atoms with E-state index in [1.807, 2.05) is 24.3 Å². The summed E-state index contributed by atoms with van der Waals surface area (Å²) in [5, 5.41) is 10.5. The molecule has 20 heavy (non-hydrogen) atoms. The summed E-state index contributed by atoms with van der Waals surface area (Å²) in [5.74, 6) is 0. The quantitative estimate of drug-likeness (QED) is 0.876. The smallest absolute Gasteiger partial charge is 0.0836 e. The average Bonchev–Trinajstić information content (AvgIpc) is 2.60. The maximum absolute atomic E-state index is 10.5. The van der Waals surface area contributed by atoms with Gasteiger partial charge in [-0.2, -0.15) is 0 Å². The minimum atomic E-state index is -0.448. The molecule has 2 nitrogen and oxygen atoms in total. The molecule has 1 atom stereocenters. The van der Waals surface area contributed by atoms with Crippen LogP contribution in [0, 0.1) is 0 Å². The minimum absolute atomic E-state index is 0.448. The molecular weight excluding hydrogens is 246 g/mol. The van der Waals surface area contributed by atoms with Crippen LogP contribution in [0.3, 0.4) is 0 Å². The van der Waals surface area contributed by atoms with Crippen LogP contribution >= 0.6 is 0 Å². The van der Waals surface area contributed by atoms with Gasteiger partial charge in [-0.3, -0.25) is 0 Å². The highest BCUT2D eigenvalue weighted by Crippen LogP contribution is 2.37. The fourth-order valence-corrected chi connectivity index (χ4v) is 2.90. The maximum Gasteiger partial charge on any atom is 0.0836 e. The highest BCUT2D eigenvalue weighted by Gasteiger charge is 2.22. The number of nitrogens with two attached hydrogens (primary N) is 1. The fraction of sp³-hybridized carbons (Fsp3) is 0.222. The van der Waals surface area contributed by atoms with Crippen molar-refractivity contribution in [3.05, 3.63) is 76.9 Å². The zero-order valence-electron chi connectivity index (χ0n) is 11.4. The molecule has 2 aromatic carbocycles. The fourth-order valence-electron chi connectivity index (χ4n) is 2.90. The number of hydrogen-bond donors (Lipinski definition) is 2. The molecule has 1 aliphatic carbocycles. The van der Waals surface area contributed by atoms with Crippen LogP contribution < -0.4 is 5.73 Å². The number of fused-ring (bicyclic) bond motifs is 2. The zero-order valence-corrected chi connectivity index (χ0v) is 11.4. The highest BCUT2D eigenvalue weighted by atomic mass is 16.3. The van der Waals surface area contributed by atoms with Crippen molar-refractivity contribution in [2.45, 2.75) is 18.9 Å². The zero-order chi connectivity index (χ0) is 13.9. The first-order valence-corrected chi connectivity index (χ1v) is 7.07. The van der Waals surface area contributed by atoms with Crippen molar-refractivity contribution in [3.8, 4) is 0 Å². The first-order valence-electron chi connectivity index (χ1n) is 7.07. The molecule has 102 valence electrons. The van der Waals surface area contributed by atoms with E-state index in [1.165, 1.54) is 16.7 Å². The Labute approximate surface area is 119 Å². The number of aliphatic hydroxyl groups is 1. The number of benzene rings is 2. The largest absolute Gasteiger partial charge is 0.388 e. The standard InChI is InChI=1S/C18H19NO/c19-11-5-10-15-14-7-2-1-6-13(14)12-18(20)17-9-4-3-8-16(15)17/h1-4,6-10,18,20H,5,11-12,19H2. The van der Waals surface area contributed by atoms with E-state index in [4.69, 9.17) is 5.73 Å². The summed E-state index contributed by atoms with van der Waals surface area (Å²) < 4.78 is 0. The first-order chi connectivity index (χ1) is 9.81. The predicted octanol–water partition coefficient (Wildman–Crippen LogP) is 3.06. The Bertz CT molecular complexity index is 645. The van der Waals surface area contributed by atoms with Crippen molar-refractivity contribution in [2.75, 3.05) is 6.54 Å². The summed E-state index contributed by atoms with van der Waals surface area (Å²) in [5.41, 5.74) is 11.4. The molecule has 0 bridgehead atoms. The Morgan fingerprint density at radius 1 is 1.05 bits per heavy atom.